The Morgan fingerprint density at radius 1 is 0.900 bits per heavy atom. The average molecular weight is 289 g/mol. The lowest BCUT2D eigenvalue weighted by atomic mass is 9.99. The van der Waals surface area contributed by atoms with E-state index in [0.717, 1.165) is 72.9 Å². The second kappa shape index (κ2) is 8.89. The van der Waals surface area contributed by atoms with Crippen LogP contribution in [0.1, 0.15) is 13.3 Å². The summed E-state index contributed by atoms with van der Waals surface area (Å²) >= 11 is 0. The highest BCUT2D eigenvalue weighted by molar-refractivity contribution is 4.94. The minimum Gasteiger partial charge on any atom is -0.365 e. The molecule has 0 radical (unpaired) electrons. The topological polar surface area (TPSA) is 64.2 Å². The molecule has 0 saturated carbocycles. The van der Waals surface area contributed by atoms with E-state index in [1.165, 1.54) is 0 Å². The Kier molecular flexibility index (Phi) is 7.15. The smallest absolute Gasteiger partial charge is 0.101 e. The lowest BCUT2D eigenvalue weighted by Gasteiger charge is -2.24. The molecule has 4 saturated heterocycles. The average Bonchev–Trinajstić information content (AvgIpc) is 3.23. The molecule has 20 heavy (non-hydrogen) atoms. The predicted octanol–water partition coefficient (Wildman–Crippen LogP) is -0.460. The van der Waals surface area contributed by atoms with Crippen molar-refractivity contribution in [3.05, 3.63) is 0 Å². The van der Waals surface area contributed by atoms with Crippen molar-refractivity contribution >= 4 is 0 Å². The van der Waals surface area contributed by atoms with Crippen molar-refractivity contribution in [2.75, 3.05) is 66.4 Å². The lowest BCUT2D eigenvalue weighted by molar-refractivity contribution is 0.0695. The highest BCUT2D eigenvalue weighted by Gasteiger charge is 2.44. The third kappa shape index (κ3) is 4.63. The summed E-state index contributed by atoms with van der Waals surface area (Å²) < 4.78 is 20.4. The van der Waals surface area contributed by atoms with Crippen LogP contribution in [-0.2, 0) is 18.9 Å². The van der Waals surface area contributed by atoms with Gasteiger partial charge in [0.2, 0.25) is 0 Å². The number of nitrogens with zero attached hydrogens (tertiary/aromatic N) is 1. The van der Waals surface area contributed by atoms with Crippen molar-refractivity contribution in [3.8, 4) is 0 Å². The van der Waals surface area contributed by atoms with Crippen LogP contribution in [0.5, 0.6) is 0 Å². The molecule has 0 atom stereocenters. The fourth-order valence-electron chi connectivity index (χ4n) is 2.38. The molecule has 118 valence electrons. The molecule has 0 unspecified atom stereocenters. The highest BCUT2D eigenvalue weighted by Crippen LogP contribution is 2.30. The van der Waals surface area contributed by atoms with Crippen LogP contribution in [0.15, 0.2) is 0 Å². The molecule has 4 rings (SSSR count). The van der Waals surface area contributed by atoms with Crippen LogP contribution in [0, 0.1) is 0 Å². The van der Waals surface area contributed by atoms with Gasteiger partial charge in [-0.25, -0.2) is 4.90 Å². The summed E-state index contributed by atoms with van der Waals surface area (Å²) in [5.74, 6) is 0. The van der Waals surface area contributed by atoms with Gasteiger partial charge in [-0.15, -0.1) is 0 Å². The standard InChI is InChI=1S/C7H13NO2.2C3H7NO/c1-2-7-3-9-5-8(7)6-10-4-7;2*1-2-5-3-4-1/h2-6H2,1H3;2*4H,1-3H2. The Morgan fingerprint density at radius 3 is 1.70 bits per heavy atom. The first-order chi connectivity index (χ1) is 9.87. The van der Waals surface area contributed by atoms with E-state index < -0.39 is 0 Å². The van der Waals surface area contributed by atoms with Crippen LogP contribution in [-0.4, -0.2) is 76.9 Å². The summed E-state index contributed by atoms with van der Waals surface area (Å²) in [6, 6.07) is 0. The van der Waals surface area contributed by atoms with Gasteiger partial charge in [0.1, 0.15) is 13.5 Å². The number of fused-ring (bicyclic) bond motifs is 1. The maximum Gasteiger partial charge on any atom is 0.101 e. The van der Waals surface area contributed by atoms with E-state index in [4.69, 9.17) is 18.9 Å². The molecule has 0 spiro atoms. The van der Waals surface area contributed by atoms with Crippen LogP contribution in [0.25, 0.3) is 0 Å². The number of ether oxygens (including phenoxy) is 4. The van der Waals surface area contributed by atoms with E-state index in [0.29, 0.717) is 0 Å². The SMILES string of the molecule is C1COCN1.C1COCN1.CCC12COCN1COC2. The summed E-state index contributed by atoms with van der Waals surface area (Å²) in [7, 11) is 0. The Hall–Kier alpha value is -0.280. The highest BCUT2D eigenvalue weighted by atomic mass is 16.6. The quantitative estimate of drug-likeness (QED) is 0.677. The predicted molar refractivity (Wildman–Crippen MR) is 74.1 cm³/mol. The first-order valence-electron chi connectivity index (χ1n) is 7.35. The van der Waals surface area contributed by atoms with Crippen molar-refractivity contribution in [1.29, 1.82) is 0 Å². The molecule has 0 aromatic heterocycles. The summed E-state index contributed by atoms with van der Waals surface area (Å²) in [5, 5.41) is 6.00. The third-order valence-corrected chi connectivity index (χ3v) is 3.82. The monoisotopic (exact) mass is 289 g/mol. The number of hydrogen-bond acceptors (Lipinski definition) is 7. The molecule has 4 aliphatic heterocycles. The van der Waals surface area contributed by atoms with Crippen molar-refractivity contribution in [2.45, 2.75) is 18.9 Å². The lowest BCUT2D eigenvalue weighted by Crippen LogP contribution is -2.42. The van der Waals surface area contributed by atoms with Gasteiger partial charge in [0, 0.05) is 13.1 Å². The van der Waals surface area contributed by atoms with Crippen LogP contribution in [0.3, 0.4) is 0 Å². The molecule has 4 heterocycles. The third-order valence-electron chi connectivity index (χ3n) is 3.82. The number of nitrogens with one attached hydrogen (secondary N) is 2. The number of hydrogen-bond donors (Lipinski definition) is 2. The molecule has 0 amide bonds. The van der Waals surface area contributed by atoms with Crippen LogP contribution >= 0.6 is 0 Å². The fourth-order valence-corrected chi connectivity index (χ4v) is 2.38. The molecular formula is C13H27N3O4. The molecule has 7 nitrogen and oxygen atoms in total. The zero-order chi connectivity index (χ0) is 14.1. The zero-order valence-corrected chi connectivity index (χ0v) is 12.4. The van der Waals surface area contributed by atoms with E-state index in [1.807, 2.05) is 0 Å². The Balaban J connectivity index is 0.000000124. The zero-order valence-electron chi connectivity index (χ0n) is 12.4. The van der Waals surface area contributed by atoms with Gasteiger partial charge >= 0.3 is 0 Å². The Morgan fingerprint density at radius 2 is 1.45 bits per heavy atom. The van der Waals surface area contributed by atoms with E-state index in [2.05, 4.69) is 22.5 Å². The normalized spacial score (nSPS) is 27.4. The van der Waals surface area contributed by atoms with Crippen molar-refractivity contribution < 1.29 is 18.9 Å². The molecule has 2 N–H and O–H groups in total. The van der Waals surface area contributed by atoms with Gasteiger partial charge in [0.05, 0.1) is 45.4 Å². The van der Waals surface area contributed by atoms with Crippen molar-refractivity contribution in [1.82, 2.24) is 15.5 Å². The molecule has 4 fully saturated rings. The van der Waals surface area contributed by atoms with E-state index >= 15 is 0 Å². The molecule has 0 aliphatic carbocycles. The van der Waals surface area contributed by atoms with E-state index in [1.54, 1.807) is 0 Å². The molecule has 0 aromatic carbocycles. The van der Waals surface area contributed by atoms with Gasteiger partial charge in [0.25, 0.3) is 0 Å². The van der Waals surface area contributed by atoms with E-state index in [9.17, 15) is 0 Å². The van der Waals surface area contributed by atoms with Gasteiger partial charge in [-0.3, -0.25) is 10.6 Å². The van der Waals surface area contributed by atoms with Crippen LogP contribution < -0.4 is 10.6 Å². The summed E-state index contributed by atoms with van der Waals surface area (Å²) in [4.78, 5) is 2.27. The molecule has 0 aromatic rings. The van der Waals surface area contributed by atoms with E-state index in [-0.39, 0.29) is 5.54 Å². The first kappa shape index (κ1) is 16.1. The molecular weight excluding hydrogens is 262 g/mol. The number of rotatable bonds is 1. The summed E-state index contributed by atoms with van der Waals surface area (Å²) in [5.41, 5.74) is 0.236. The largest absolute Gasteiger partial charge is 0.365 e. The minimum atomic E-state index is 0.236. The Bertz CT molecular complexity index is 225. The van der Waals surface area contributed by atoms with Crippen LogP contribution in [0.4, 0.5) is 0 Å². The molecule has 7 heteroatoms. The molecule has 4 aliphatic rings. The Labute approximate surface area is 120 Å². The summed E-state index contributed by atoms with van der Waals surface area (Å²) in [6.07, 6.45) is 1.13. The van der Waals surface area contributed by atoms with Crippen molar-refractivity contribution in [2.24, 2.45) is 0 Å². The van der Waals surface area contributed by atoms with Gasteiger partial charge in [-0.05, 0) is 6.42 Å². The summed E-state index contributed by atoms with van der Waals surface area (Å²) in [6.45, 7) is 10.7. The van der Waals surface area contributed by atoms with Crippen molar-refractivity contribution in [3.63, 3.8) is 0 Å². The second-order valence-corrected chi connectivity index (χ2v) is 5.18. The van der Waals surface area contributed by atoms with Crippen LogP contribution in [0.2, 0.25) is 0 Å². The second-order valence-electron chi connectivity index (χ2n) is 5.18. The molecule has 0 bridgehead atoms. The van der Waals surface area contributed by atoms with Gasteiger partial charge in [-0.2, -0.15) is 0 Å². The fraction of sp³-hybridized carbons (Fsp3) is 1.00. The minimum absolute atomic E-state index is 0.236. The maximum atomic E-state index is 5.35. The van der Waals surface area contributed by atoms with Gasteiger partial charge in [0.15, 0.2) is 0 Å². The van der Waals surface area contributed by atoms with Gasteiger partial charge < -0.3 is 18.9 Å². The first-order valence-corrected chi connectivity index (χ1v) is 7.35. The maximum absolute atomic E-state index is 5.35. The van der Waals surface area contributed by atoms with Gasteiger partial charge in [-0.1, -0.05) is 6.92 Å².